The number of aliphatic hydroxyl groups is 1. The fourth-order valence-electron chi connectivity index (χ4n) is 1.64. The van der Waals surface area contributed by atoms with E-state index < -0.39 is 0 Å². The SMILES string of the molecule is OC(CCCCCCBr)c1ccc(Cl)cc1. The standard InChI is InChI=1S/C13H18BrClO/c14-10-4-2-1-3-5-13(16)11-6-8-12(15)9-7-11/h6-9,13,16H,1-5,10H2. The van der Waals surface area contributed by atoms with Gasteiger partial charge in [0.2, 0.25) is 0 Å². The third kappa shape index (κ3) is 5.33. The second kappa shape index (κ2) is 8.10. The van der Waals surface area contributed by atoms with E-state index in [1.54, 1.807) is 0 Å². The summed E-state index contributed by atoms with van der Waals surface area (Å²) in [4.78, 5) is 0. The molecule has 1 N–H and O–H groups in total. The molecule has 3 heteroatoms. The van der Waals surface area contributed by atoms with Crippen molar-refractivity contribution in [2.75, 3.05) is 5.33 Å². The molecule has 0 aliphatic carbocycles. The molecule has 0 saturated carbocycles. The van der Waals surface area contributed by atoms with Crippen LogP contribution in [0.15, 0.2) is 24.3 Å². The summed E-state index contributed by atoms with van der Waals surface area (Å²) in [5, 5.41) is 11.7. The summed E-state index contributed by atoms with van der Waals surface area (Å²) in [6.45, 7) is 0. The molecule has 0 aromatic heterocycles. The maximum absolute atomic E-state index is 9.92. The van der Waals surface area contributed by atoms with Gasteiger partial charge in [0.15, 0.2) is 0 Å². The summed E-state index contributed by atoms with van der Waals surface area (Å²) >= 11 is 9.20. The lowest BCUT2D eigenvalue weighted by atomic mass is 10.0. The molecule has 0 aliphatic heterocycles. The van der Waals surface area contributed by atoms with Crippen LogP contribution in [-0.4, -0.2) is 10.4 Å². The average molecular weight is 306 g/mol. The lowest BCUT2D eigenvalue weighted by Gasteiger charge is -2.10. The Balaban J connectivity index is 2.24. The first-order valence-corrected chi connectivity index (χ1v) is 7.23. The molecule has 1 aromatic rings. The largest absolute Gasteiger partial charge is 0.388 e. The maximum atomic E-state index is 9.92. The number of rotatable bonds is 7. The minimum absolute atomic E-state index is 0.346. The number of hydrogen-bond donors (Lipinski definition) is 1. The van der Waals surface area contributed by atoms with E-state index in [1.807, 2.05) is 24.3 Å². The lowest BCUT2D eigenvalue weighted by molar-refractivity contribution is 0.163. The Kier molecular flexibility index (Phi) is 7.10. The van der Waals surface area contributed by atoms with E-state index in [2.05, 4.69) is 15.9 Å². The average Bonchev–Trinajstić information content (AvgIpc) is 2.29. The van der Waals surface area contributed by atoms with Gasteiger partial charge in [-0.25, -0.2) is 0 Å². The van der Waals surface area contributed by atoms with Crippen LogP contribution in [0.2, 0.25) is 5.02 Å². The topological polar surface area (TPSA) is 20.2 Å². The molecular formula is C13H18BrClO. The van der Waals surface area contributed by atoms with Crippen LogP contribution in [0.4, 0.5) is 0 Å². The summed E-state index contributed by atoms with van der Waals surface area (Å²) in [5.41, 5.74) is 0.963. The number of hydrogen-bond acceptors (Lipinski definition) is 1. The number of halogens is 2. The van der Waals surface area contributed by atoms with Crippen molar-refractivity contribution in [1.29, 1.82) is 0 Å². The number of unbranched alkanes of at least 4 members (excludes halogenated alkanes) is 3. The van der Waals surface area contributed by atoms with Crippen molar-refractivity contribution in [2.24, 2.45) is 0 Å². The van der Waals surface area contributed by atoms with Crippen LogP contribution in [0.3, 0.4) is 0 Å². The van der Waals surface area contributed by atoms with Crippen molar-refractivity contribution in [1.82, 2.24) is 0 Å². The van der Waals surface area contributed by atoms with Crippen LogP contribution < -0.4 is 0 Å². The van der Waals surface area contributed by atoms with Crippen LogP contribution in [0.5, 0.6) is 0 Å². The van der Waals surface area contributed by atoms with E-state index in [-0.39, 0.29) is 6.10 Å². The molecule has 0 radical (unpaired) electrons. The Morgan fingerprint density at radius 3 is 2.31 bits per heavy atom. The molecule has 0 bridgehead atoms. The molecule has 1 aromatic carbocycles. The lowest BCUT2D eigenvalue weighted by Crippen LogP contribution is -1.97. The summed E-state index contributed by atoms with van der Waals surface area (Å²) < 4.78 is 0. The minimum Gasteiger partial charge on any atom is -0.388 e. The smallest absolute Gasteiger partial charge is 0.0790 e. The summed E-state index contributed by atoms with van der Waals surface area (Å²) in [5.74, 6) is 0. The minimum atomic E-state index is -0.346. The molecule has 0 aliphatic rings. The zero-order valence-corrected chi connectivity index (χ0v) is 11.7. The quantitative estimate of drug-likeness (QED) is 0.571. The molecule has 0 amide bonds. The number of aliphatic hydroxyl groups excluding tert-OH is 1. The Morgan fingerprint density at radius 2 is 1.69 bits per heavy atom. The molecule has 90 valence electrons. The Morgan fingerprint density at radius 1 is 1.06 bits per heavy atom. The molecule has 0 saturated heterocycles. The fourth-order valence-corrected chi connectivity index (χ4v) is 2.16. The van der Waals surface area contributed by atoms with Crippen molar-refractivity contribution in [3.8, 4) is 0 Å². The van der Waals surface area contributed by atoms with Crippen LogP contribution in [-0.2, 0) is 0 Å². The van der Waals surface area contributed by atoms with Gasteiger partial charge in [-0.15, -0.1) is 0 Å². The Bertz CT molecular complexity index is 286. The van der Waals surface area contributed by atoms with E-state index in [4.69, 9.17) is 11.6 Å². The molecular weight excluding hydrogens is 287 g/mol. The highest BCUT2D eigenvalue weighted by molar-refractivity contribution is 9.09. The van der Waals surface area contributed by atoms with Gasteiger partial charge >= 0.3 is 0 Å². The molecule has 1 rings (SSSR count). The molecule has 1 unspecified atom stereocenters. The van der Waals surface area contributed by atoms with Gasteiger partial charge in [-0.05, 0) is 30.5 Å². The van der Waals surface area contributed by atoms with Gasteiger partial charge in [0.25, 0.3) is 0 Å². The van der Waals surface area contributed by atoms with E-state index in [0.717, 1.165) is 23.7 Å². The summed E-state index contributed by atoms with van der Waals surface area (Å²) in [7, 11) is 0. The first kappa shape index (κ1) is 14.0. The van der Waals surface area contributed by atoms with E-state index in [0.29, 0.717) is 5.02 Å². The van der Waals surface area contributed by atoms with Gasteiger partial charge in [0, 0.05) is 10.4 Å². The highest BCUT2D eigenvalue weighted by atomic mass is 79.9. The molecule has 1 atom stereocenters. The third-order valence-corrected chi connectivity index (χ3v) is 3.43. The van der Waals surface area contributed by atoms with Gasteiger partial charge in [-0.2, -0.15) is 0 Å². The van der Waals surface area contributed by atoms with Crippen LogP contribution in [0, 0.1) is 0 Å². The predicted molar refractivity (Wildman–Crippen MR) is 73.3 cm³/mol. The van der Waals surface area contributed by atoms with Gasteiger partial charge in [0.1, 0.15) is 0 Å². The summed E-state index contributed by atoms with van der Waals surface area (Å²) in [6, 6.07) is 7.44. The van der Waals surface area contributed by atoms with Gasteiger partial charge < -0.3 is 5.11 Å². The maximum Gasteiger partial charge on any atom is 0.0790 e. The van der Waals surface area contributed by atoms with E-state index in [9.17, 15) is 5.11 Å². The Labute approximate surface area is 111 Å². The first-order valence-electron chi connectivity index (χ1n) is 5.73. The van der Waals surface area contributed by atoms with E-state index >= 15 is 0 Å². The Hall–Kier alpha value is -0.0500. The molecule has 0 spiro atoms. The van der Waals surface area contributed by atoms with Crippen LogP contribution >= 0.6 is 27.5 Å². The van der Waals surface area contributed by atoms with Crippen molar-refractivity contribution in [3.63, 3.8) is 0 Å². The monoisotopic (exact) mass is 304 g/mol. The second-order valence-corrected chi connectivity index (χ2v) is 5.19. The second-order valence-electron chi connectivity index (χ2n) is 3.96. The normalized spacial score (nSPS) is 12.7. The van der Waals surface area contributed by atoms with Crippen molar-refractivity contribution in [3.05, 3.63) is 34.9 Å². The predicted octanol–water partition coefficient (Wildman–Crippen LogP) is 4.72. The molecule has 16 heavy (non-hydrogen) atoms. The van der Waals surface area contributed by atoms with Gasteiger partial charge in [-0.1, -0.05) is 58.9 Å². The van der Waals surface area contributed by atoms with Crippen molar-refractivity contribution < 1.29 is 5.11 Å². The zero-order valence-electron chi connectivity index (χ0n) is 9.33. The molecule has 0 heterocycles. The van der Waals surface area contributed by atoms with Gasteiger partial charge in [0.05, 0.1) is 6.10 Å². The molecule has 0 fully saturated rings. The first-order chi connectivity index (χ1) is 7.74. The fraction of sp³-hybridized carbons (Fsp3) is 0.538. The highest BCUT2D eigenvalue weighted by Crippen LogP contribution is 2.21. The third-order valence-electron chi connectivity index (χ3n) is 2.62. The number of alkyl halides is 1. The van der Waals surface area contributed by atoms with Crippen LogP contribution in [0.1, 0.15) is 43.8 Å². The zero-order chi connectivity index (χ0) is 11.8. The van der Waals surface area contributed by atoms with E-state index in [1.165, 1.54) is 19.3 Å². The molecule has 1 nitrogen and oxygen atoms in total. The highest BCUT2D eigenvalue weighted by Gasteiger charge is 2.06. The van der Waals surface area contributed by atoms with Gasteiger partial charge in [-0.3, -0.25) is 0 Å². The number of benzene rings is 1. The van der Waals surface area contributed by atoms with Crippen molar-refractivity contribution in [2.45, 2.75) is 38.2 Å². The van der Waals surface area contributed by atoms with Crippen molar-refractivity contribution >= 4 is 27.5 Å². The summed E-state index contributed by atoms with van der Waals surface area (Å²) in [6.07, 6.45) is 5.22. The van der Waals surface area contributed by atoms with Crippen LogP contribution in [0.25, 0.3) is 0 Å².